The van der Waals surface area contributed by atoms with Crippen molar-refractivity contribution in [3.63, 3.8) is 0 Å². The zero-order valence-corrected chi connectivity index (χ0v) is 21.5. The Kier molecular flexibility index (Phi) is 6.81. The van der Waals surface area contributed by atoms with Crippen LogP contribution in [0.15, 0.2) is 53.3 Å². The van der Waals surface area contributed by atoms with E-state index < -0.39 is 17.4 Å². The minimum atomic E-state index is -0.648. The molecule has 0 spiro atoms. The molecule has 3 N–H and O–H groups in total. The fourth-order valence-electron chi connectivity index (χ4n) is 4.68. The summed E-state index contributed by atoms with van der Waals surface area (Å²) >= 11 is 6.61. The Hall–Kier alpha value is -4.31. The number of ether oxygens (including phenoxy) is 1. The van der Waals surface area contributed by atoms with Crippen molar-refractivity contribution in [1.82, 2.24) is 14.8 Å². The number of carbonyl (C=O) groups is 3. The molecular weight excluding hydrogens is 510 g/mol. The Morgan fingerprint density at radius 2 is 1.71 bits per heavy atom. The lowest BCUT2D eigenvalue weighted by molar-refractivity contribution is 0.0746. The van der Waals surface area contributed by atoms with E-state index in [1.807, 2.05) is 19.1 Å². The monoisotopic (exact) mass is 535 g/mol. The molecule has 2 aliphatic rings. The van der Waals surface area contributed by atoms with E-state index in [4.69, 9.17) is 22.1 Å². The number of fused-ring (bicyclic) bond motifs is 1. The molecule has 0 radical (unpaired) electrons. The van der Waals surface area contributed by atoms with Crippen LogP contribution in [-0.4, -0.2) is 60.0 Å². The van der Waals surface area contributed by atoms with Gasteiger partial charge in [0.1, 0.15) is 11.6 Å². The highest BCUT2D eigenvalue weighted by Gasteiger charge is 2.32. The molecule has 1 fully saturated rings. The first-order valence-corrected chi connectivity index (χ1v) is 12.6. The van der Waals surface area contributed by atoms with Crippen molar-refractivity contribution in [3.05, 3.63) is 80.6 Å². The number of aromatic nitrogens is 1. The number of hydrogen-bond acceptors (Lipinski definition) is 7. The van der Waals surface area contributed by atoms with Crippen LogP contribution in [-0.2, 0) is 0 Å². The minimum absolute atomic E-state index is 0.0290. The van der Waals surface area contributed by atoms with Crippen LogP contribution in [0.4, 0.5) is 11.5 Å². The van der Waals surface area contributed by atoms with Gasteiger partial charge in [0.25, 0.3) is 23.3 Å². The highest BCUT2D eigenvalue weighted by atomic mass is 35.5. The standard InChI is InChI=1S/C27H26ClN5O5/c1-2-13-38-18-6-3-16(4-7-18)27(37)32-11-9-31(10-12-32)21-8-5-17(14-20(21)28)33-22(34)15-19-23(24(33)29)26(36)30-25(19)35/h3-8,14-15H,2,9-13,29H2,1H3,(H,30,35,36). The Morgan fingerprint density at radius 1 is 1.00 bits per heavy atom. The molecule has 2 aliphatic heterocycles. The second kappa shape index (κ2) is 10.2. The van der Waals surface area contributed by atoms with Gasteiger partial charge in [-0.1, -0.05) is 18.5 Å². The molecule has 11 heteroatoms. The number of pyridine rings is 1. The summed E-state index contributed by atoms with van der Waals surface area (Å²) in [5, 5.41) is 2.53. The van der Waals surface area contributed by atoms with Crippen LogP contribution in [0.2, 0.25) is 5.02 Å². The summed E-state index contributed by atoms with van der Waals surface area (Å²) in [4.78, 5) is 53.6. The van der Waals surface area contributed by atoms with E-state index in [-0.39, 0.29) is 22.9 Å². The largest absolute Gasteiger partial charge is 0.494 e. The second-order valence-electron chi connectivity index (χ2n) is 9.06. The number of nitrogens with one attached hydrogen (secondary N) is 1. The molecule has 0 aliphatic carbocycles. The number of nitrogens with two attached hydrogens (primary N) is 1. The molecule has 0 saturated carbocycles. The Morgan fingerprint density at radius 3 is 2.37 bits per heavy atom. The lowest BCUT2D eigenvalue weighted by Crippen LogP contribution is -2.48. The molecule has 0 atom stereocenters. The number of benzene rings is 2. The van der Waals surface area contributed by atoms with Gasteiger partial charge in [0.2, 0.25) is 0 Å². The molecule has 196 valence electrons. The highest BCUT2D eigenvalue weighted by Crippen LogP contribution is 2.31. The number of amides is 3. The summed E-state index contributed by atoms with van der Waals surface area (Å²) in [5.74, 6) is -0.719. The second-order valence-corrected chi connectivity index (χ2v) is 9.47. The molecule has 3 aromatic rings. The zero-order valence-electron chi connectivity index (χ0n) is 20.7. The summed E-state index contributed by atoms with van der Waals surface area (Å²) in [6.07, 6.45) is 0.916. The number of imide groups is 1. The molecule has 1 saturated heterocycles. The van der Waals surface area contributed by atoms with E-state index >= 15 is 0 Å². The number of carbonyl (C=O) groups excluding carboxylic acids is 3. The van der Waals surface area contributed by atoms with E-state index in [1.165, 1.54) is 0 Å². The van der Waals surface area contributed by atoms with Crippen molar-refractivity contribution in [1.29, 1.82) is 0 Å². The number of hydrogen-bond donors (Lipinski definition) is 2. The normalized spacial score (nSPS) is 14.9. The number of anilines is 2. The van der Waals surface area contributed by atoms with Crippen LogP contribution < -0.4 is 26.2 Å². The first-order chi connectivity index (χ1) is 18.3. The van der Waals surface area contributed by atoms with E-state index in [0.29, 0.717) is 49.1 Å². The van der Waals surface area contributed by atoms with E-state index in [2.05, 4.69) is 10.2 Å². The molecule has 0 bridgehead atoms. The van der Waals surface area contributed by atoms with Crippen molar-refractivity contribution in [2.45, 2.75) is 13.3 Å². The van der Waals surface area contributed by atoms with E-state index in [9.17, 15) is 19.2 Å². The zero-order chi connectivity index (χ0) is 27.0. The molecule has 0 unspecified atom stereocenters. The number of nitrogens with zero attached hydrogens (tertiary/aromatic N) is 3. The van der Waals surface area contributed by atoms with Gasteiger partial charge in [-0.15, -0.1) is 0 Å². The topological polar surface area (TPSA) is 127 Å². The van der Waals surface area contributed by atoms with Gasteiger partial charge in [-0.2, -0.15) is 0 Å². The third kappa shape index (κ3) is 4.58. The molecule has 1 aromatic heterocycles. The SMILES string of the molecule is CCCOc1ccc(C(=O)N2CCN(c3ccc(-n4c(N)c5c(cc4=O)C(=O)NC5=O)cc3Cl)CC2)cc1. The summed E-state index contributed by atoms with van der Waals surface area (Å²) in [7, 11) is 0. The van der Waals surface area contributed by atoms with Crippen LogP contribution in [0.25, 0.3) is 5.69 Å². The van der Waals surface area contributed by atoms with E-state index in [1.54, 1.807) is 35.2 Å². The Balaban J connectivity index is 1.29. The van der Waals surface area contributed by atoms with Gasteiger partial charge in [0.15, 0.2) is 0 Å². The summed E-state index contributed by atoms with van der Waals surface area (Å²) in [5.41, 5.74) is 7.24. The van der Waals surface area contributed by atoms with Crippen LogP contribution in [0, 0.1) is 0 Å². The molecule has 2 aromatic carbocycles. The predicted octanol–water partition coefficient (Wildman–Crippen LogP) is 2.71. The van der Waals surface area contributed by atoms with Crippen molar-refractivity contribution >= 4 is 40.8 Å². The maximum absolute atomic E-state index is 13.0. The van der Waals surface area contributed by atoms with E-state index in [0.717, 1.165) is 28.5 Å². The lowest BCUT2D eigenvalue weighted by Gasteiger charge is -2.36. The molecular formula is C27H26ClN5O5. The van der Waals surface area contributed by atoms with Gasteiger partial charge >= 0.3 is 0 Å². The molecule has 3 amide bonds. The van der Waals surface area contributed by atoms with Gasteiger partial charge in [-0.25, -0.2) is 0 Å². The van der Waals surface area contributed by atoms with Gasteiger partial charge in [-0.05, 0) is 48.9 Å². The van der Waals surface area contributed by atoms with Gasteiger partial charge < -0.3 is 20.3 Å². The number of piperazine rings is 1. The van der Waals surface area contributed by atoms with Crippen LogP contribution in [0.1, 0.15) is 44.4 Å². The van der Waals surface area contributed by atoms with Gasteiger partial charge in [0.05, 0.1) is 34.1 Å². The average molecular weight is 536 g/mol. The van der Waals surface area contributed by atoms with Crippen molar-refractivity contribution in [2.24, 2.45) is 0 Å². The van der Waals surface area contributed by atoms with Crippen LogP contribution in [0.3, 0.4) is 0 Å². The van der Waals surface area contributed by atoms with Crippen molar-refractivity contribution in [3.8, 4) is 11.4 Å². The number of rotatable bonds is 6. The first-order valence-electron chi connectivity index (χ1n) is 12.3. The van der Waals surface area contributed by atoms with Crippen molar-refractivity contribution in [2.75, 3.05) is 43.4 Å². The molecule has 5 rings (SSSR count). The average Bonchev–Trinajstić information content (AvgIpc) is 3.20. The van der Waals surface area contributed by atoms with Crippen molar-refractivity contribution < 1.29 is 19.1 Å². The smallest absolute Gasteiger partial charge is 0.262 e. The molecule has 3 heterocycles. The Bertz CT molecular complexity index is 1490. The predicted molar refractivity (Wildman–Crippen MR) is 144 cm³/mol. The third-order valence-electron chi connectivity index (χ3n) is 6.62. The summed E-state index contributed by atoms with van der Waals surface area (Å²) in [6, 6.07) is 13.3. The molecule has 10 nitrogen and oxygen atoms in total. The van der Waals surface area contributed by atoms with Gasteiger partial charge in [-0.3, -0.25) is 29.1 Å². The maximum atomic E-state index is 13.0. The van der Waals surface area contributed by atoms with Crippen LogP contribution in [0.5, 0.6) is 5.75 Å². The van der Waals surface area contributed by atoms with Gasteiger partial charge in [0, 0.05) is 37.8 Å². The maximum Gasteiger partial charge on any atom is 0.262 e. The quantitative estimate of drug-likeness (QED) is 0.465. The third-order valence-corrected chi connectivity index (χ3v) is 6.93. The highest BCUT2D eigenvalue weighted by molar-refractivity contribution is 6.33. The number of halogens is 1. The molecule has 38 heavy (non-hydrogen) atoms. The fraction of sp³-hybridized carbons (Fsp3) is 0.259. The summed E-state index contributed by atoms with van der Waals surface area (Å²) in [6.45, 7) is 4.86. The lowest BCUT2D eigenvalue weighted by atomic mass is 10.1. The summed E-state index contributed by atoms with van der Waals surface area (Å²) < 4.78 is 6.74. The fourth-order valence-corrected chi connectivity index (χ4v) is 4.98. The minimum Gasteiger partial charge on any atom is -0.494 e. The Labute approximate surface area is 223 Å². The number of nitrogen functional groups attached to an aromatic ring is 1. The first kappa shape index (κ1) is 25.3. The van der Waals surface area contributed by atoms with Crippen LogP contribution >= 0.6 is 11.6 Å².